The van der Waals surface area contributed by atoms with Gasteiger partial charge in [0.1, 0.15) is 0 Å². The van der Waals surface area contributed by atoms with Crippen LogP contribution in [0.4, 0.5) is 0 Å². The molecule has 0 unspecified atom stereocenters. The first-order chi connectivity index (χ1) is 8.33. The molecule has 3 aromatic rings. The van der Waals surface area contributed by atoms with E-state index < -0.39 is 5.63 Å². The second kappa shape index (κ2) is 3.83. The fourth-order valence-electron chi connectivity index (χ4n) is 1.59. The van der Waals surface area contributed by atoms with Crippen molar-refractivity contribution >= 4 is 11.1 Å². The highest BCUT2D eigenvalue weighted by atomic mass is 16.4. The van der Waals surface area contributed by atoms with Crippen molar-refractivity contribution in [2.75, 3.05) is 0 Å². The number of nitrogens with zero attached hydrogens (tertiary/aromatic N) is 2. The summed E-state index contributed by atoms with van der Waals surface area (Å²) < 4.78 is 5.02. The summed E-state index contributed by atoms with van der Waals surface area (Å²) in [6, 6.07) is 12.5. The molecule has 0 atom stereocenters. The molecule has 0 spiro atoms. The molecule has 0 bridgehead atoms. The number of hydrogen-bond donors (Lipinski definition) is 0. The van der Waals surface area contributed by atoms with Crippen molar-refractivity contribution in [2.45, 2.75) is 0 Å². The third-order valence-corrected chi connectivity index (χ3v) is 2.41. The van der Waals surface area contributed by atoms with E-state index in [4.69, 9.17) is 4.42 Å². The third-order valence-electron chi connectivity index (χ3n) is 2.41. The Morgan fingerprint density at radius 3 is 2.65 bits per heavy atom. The lowest BCUT2D eigenvalue weighted by atomic mass is 10.2. The van der Waals surface area contributed by atoms with E-state index in [1.807, 2.05) is 30.3 Å². The van der Waals surface area contributed by atoms with E-state index in [0.717, 1.165) is 5.56 Å². The van der Waals surface area contributed by atoms with Gasteiger partial charge in [0.05, 0.1) is 5.39 Å². The summed E-state index contributed by atoms with van der Waals surface area (Å²) in [6.45, 7) is 0. The summed E-state index contributed by atoms with van der Waals surface area (Å²) >= 11 is 0. The first-order valence-electron chi connectivity index (χ1n) is 5.15. The average Bonchev–Trinajstić information content (AvgIpc) is 2.39. The van der Waals surface area contributed by atoms with Crippen LogP contribution in [0.25, 0.3) is 22.5 Å². The molecule has 0 N–H and O–H groups in total. The number of fused-ring (bicyclic) bond motifs is 1. The van der Waals surface area contributed by atoms with Crippen LogP contribution in [-0.2, 0) is 0 Å². The molecule has 0 fully saturated rings. The van der Waals surface area contributed by atoms with Crippen molar-refractivity contribution < 1.29 is 4.42 Å². The van der Waals surface area contributed by atoms with Crippen LogP contribution in [0.2, 0.25) is 0 Å². The van der Waals surface area contributed by atoms with E-state index in [1.165, 1.54) is 6.07 Å². The van der Waals surface area contributed by atoms with Gasteiger partial charge in [-0.3, -0.25) is 0 Å². The van der Waals surface area contributed by atoms with E-state index in [2.05, 4.69) is 9.97 Å². The Hall–Kier alpha value is -2.49. The molecule has 0 radical (unpaired) electrons. The summed E-state index contributed by atoms with van der Waals surface area (Å²) in [6.07, 6.45) is 1.65. The minimum absolute atomic E-state index is 0.311. The first-order valence-corrected chi connectivity index (χ1v) is 5.15. The van der Waals surface area contributed by atoms with Crippen molar-refractivity contribution in [3.05, 3.63) is 59.1 Å². The summed E-state index contributed by atoms with van der Waals surface area (Å²) in [5.74, 6) is 0.549. The summed E-state index contributed by atoms with van der Waals surface area (Å²) in [7, 11) is 0. The first kappa shape index (κ1) is 9.72. The number of benzene rings is 1. The molecular weight excluding hydrogens is 216 g/mol. The highest BCUT2D eigenvalue weighted by Gasteiger charge is 2.04. The molecule has 17 heavy (non-hydrogen) atoms. The van der Waals surface area contributed by atoms with E-state index in [0.29, 0.717) is 16.9 Å². The van der Waals surface area contributed by atoms with Gasteiger partial charge < -0.3 is 4.42 Å². The zero-order chi connectivity index (χ0) is 11.7. The van der Waals surface area contributed by atoms with Crippen LogP contribution >= 0.6 is 0 Å². The van der Waals surface area contributed by atoms with Crippen LogP contribution in [0.3, 0.4) is 0 Å². The SMILES string of the molecule is O=c1ccc2cnc(-c3ccccc3)nc2o1. The van der Waals surface area contributed by atoms with Gasteiger partial charge in [-0.15, -0.1) is 0 Å². The highest BCUT2D eigenvalue weighted by molar-refractivity contribution is 5.73. The molecule has 3 rings (SSSR count). The molecule has 0 saturated carbocycles. The lowest BCUT2D eigenvalue weighted by Gasteiger charge is -2.00. The van der Waals surface area contributed by atoms with Gasteiger partial charge in [0.25, 0.3) is 0 Å². The Bertz CT molecular complexity index is 720. The predicted octanol–water partition coefficient (Wildman–Crippen LogP) is 2.25. The van der Waals surface area contributed by atoms with Crippen LogP contribution in [0.5, 0.6) is 0 Å². The largest absolute Gasteiger partial charge is 0.403 e. The van der Waals surface area contributed by atoms with Gasteiger partial charge in [-0.25, -0.2) is 9.78 Å². The molecule has 0 saturated heterocycles. The second-order valence-electron chi connectivity index (χ2n) is 3.57. The van der Waals surface area contributed by atoms with E-state index >= 15 is 0 Å². The Labute approximate surface area is 96.6 Å². The van der Waals surface area contributed by atoms with E-state index in [1.54, 1.807) is 12.3 Å². The number of rotatable bonds is 1. The fraction of sp³-hybridized carbons (Fsp3) is 0. The third kappa shape index (κ3) is 1.80. The quantitative estimate of drug-likeness (QED) is 0.636. The van der Waals surface area contributed by atoms with Crippen LogP contribution in [0.1, 0.15) is 0 Å². The Morgan fingerprint density at radius 2 is 1.82 bits per heavy atom. The number of aromatic nitrogens is 2. The maximum absolute atomic E-state index is 11.1. The minimum atomic E-state index is -0.407. The molecule has 0 aliphatic rings. The monoisotopic (exact) mass is 224 g/mol. The summed E-state index contributed by atoms with van der Waals surface area (Å²) in [4.78, 5) is 19.6. The molecule has 1 aromatic carbocycles. The van der Waals surface area contributed by atoms with E-state index in [-0.39, 0.29) is 0 Å². The maximum Gasteiger partial charge on any atom is 0.337 e. The lowest BCUT2D eigenvalue weighted by molar-refractivity contribution is 0.549. The molecule has 4 nitrogen and oxygen atoms in total. The minimum Gasteiger partial charge on any atom is -0.403 e. The van der Waals surface area contributed by atoms with Gasteiger partial charge in [-0.05, 0) is 6.07 Å². The average molecular weight is 224 g/mol. The Morgan fingerprint density at radius 1 is 1.00 bits per heavy atom. The van der Waals surface area contributed by atoms with Crippen molar-refractivity contribution in [3.63, 3.8) is 0 Å². The van der Waals surface area contributed by atoms with Gasteiger partial charge in [-0.1, -0.05) is 30.3 Å². The van der Waals surface area contributed by atoms with E-state index in [9.17, 15) is 4.79 Å². The van der Waals surface area contributed by atoms with Gasteiger partial charge in [0.15, 0.2) is 5.82 Å². The summed E-state index contributed by atoms with van der Waals surface area (Å²) in [5, 5.41) is 0.712. The zero-order valence-corrected chi connectivity index (χ0v) is 8.83. The van der Waals surface area contributed by atoms with Crippen LogP contribution in [-0.4, -0.2) is 9.97 Å². The van der Waals surface area contributed by atoms with Crippen molar-refractivity contribution in [1.82, 2.24) is 9.97 Å². The molecule has 0 amide bonds. The number of hydrogen-bond acceptors (Lipinski definition) is 4. The maximum atomic E-state index is 11.1. The van der Waals surface area contributed by atoms with Crippen molar-refractivity contribution in [3.8, 4) is 11.4 Å². The zero-order valence-electron chi connectivity index (χ0n) is 8.83. The smallest absolute Gasteiger partial charge is 0.337 e. The fourth-order valence-corrected chi connectivity index (χ4v) is 1.59. The van der Waals surface area contributed by atoms with Gasteiger partial charge in [0.2, 0.25) is 5.71 Å². The Kier molecular flexibility index (Phi) is 2.19. The highest BCUT2D eigenvalue weighted by Crippen LogP contribution is 2.16. The van der Waals surface area contributed by atoms with Crippen molar-refractivity contribution in [1.29, 1.82) is 0 Å². The normalized spacial score (nSPS) is 10.6. The predicted molar refractivity (Wildman–Crippen MR) is 63.5 cm³/mol. The van der Waals surface area contributed by atoms with Gasteiger partial charge in [0, 0.05) is 17.8 Å². The molecule has 4 heteroatoms. The second-order valence-corrected chi connectivity index (χ2v) is 3.57. The van der Waals surface area contributed by atoms with Crippen LogP contribution in [0, 0.1) is 0 Å². The molecule has 82 valence electrons. The topological polar surface area (TPSA) is 56.0 Å². The van der Waals surface area contributed by atoms with Gasteiger partial charge >= 0.3 is 5.63 Å². The molecule has 2 heterocycles. The Balaban J connectivity index is 2.23. The summed E-state index contributed by atoms with van der Waals surface area (Å²) in [5.41, 5.74) is 0.794. The lowest BCUT2D eigenvalue weighted by Crippen LogP contribution is -1.97. The molecule has 0 aliphatic heterocycles. The molecular formula is C13H8N2O2. The van der Waals surface area contributed by atoms with Crippen LogP contribution < -0.4 is 5.63 Å². The molecule has 2 aromatic heterocycles. The van der Waals surface area contributed by atoms with Gasteiger partial charge in [-0.2, -0.15) is 4.98 Å². The van der Waals surface area contributed by atoms with Crippen LogP contribution in [0.15, 0.2) is 57.9 Å². The van der Waals surface area contributed by atoms with Crippen molar-refractivity contribution in [2.24, 2.45) is 0 Å². The standard InChI is InChI=1S/C13H8N2O2/c16-11-7-6-10-8-14-12(15-13(10)17-11)9-4-2-1-3-5-9/h1-8H. The molecule has 0 aliphatic carbocycles.